The van der Waals surface area contributed by atoms with Gasteiger partial charge in [-0.2, -0.15) is 0 Å². The molecule has 0 aliphatic rings. The van der Waals surface area contributed by atoms with Crippen LogP contribution in [-0.4, -0.2) is 14.9 Å². The minimum Gasteiger partial charge on any atom is -0.416 e. The summed E-state index contributed by atoms with van der Waals surface area (Å²) in [6.07, 6.45) is 0.985. The van der Waals surface area contributed by atoms with Crippen LogP contribution < -0.4 is 0 Å². The summed E-state index contributed by atoms with van der Waals surface area (Å²) in [5.41, 5.74) is 1.35. The van der Waals surface area contributed by atoms with Crippen molar-refractivity contribution in [2.24, 2.45) is 0 Å². The third-order valence-electron chi connectivity index (χ3n) is 4.53. The summed E-state index contributed by atoms with van der Waals surface area (Å²) in [6.45, 7) is 12.3. The molecule has 0 aromatic heterocycles. The van der Waals surface area contributed by atoms with Gasteiger partial charge in [0.1, 0.15) is 0 Å². The molecule has 1 nitrogen and oxygen atoms in total. The molecular weight excluding hydrogens is 340 g/mol. The van der Waals surface area contributed by atoms with Gasteiger partial charge in [0.2, 0.25) is 0 Å². The van der Waals surface area contributed by atoms with Gasteiger partial charge in [0, 0.05) is 11.1 Å². The zero-order chi connectivity index (χ0) is 15.7. The van der Waals surface area contributed by atoms with E-state index in [-0.39, 0.29) is 5.04 Å². The van der Waals surface area contributed by atoms with Crippen LogP contribution in [-0.2, 0) is 10.8 Å². The lowest BCUT2D eigenvalue weighted by Gasteiger charge is -2.36. The van der Waals surface area contributed by atoms with E-state index in [9.17, 15) is 0 Å². The van der Waals surface area contributed by atoms with Crippen LogP contribution in [0.2, 0.25) is 18.1 Å². The van der Waals surface area contributed by atoms with Crippen LogP contribution >= 0.6 is 15.9 Å². The van der Waals surface area contributed by atoms with E-state index in [2.05, 4.69) is 86.2 Å². The Morgan fingerprint density at radius 2 is 1.62 bits per heavy atom. The molecule has 0 N–H and O–H groups in total. The second-order valence-electron chi connectivity index (χ2n) is 7.18. The Morgan fingerprint density at radius 1 is 1.00 bits per heavy atom. The first-order valence-electron chi connectivity index (χ1n) is 7.51. The van der Waals surface area contributed by atoms with Crippen molar-refractivity contribution in [1.29, 1.82) is 0 Å². The molecule has 2 aromatic rings. The van der Waals surface area contributed by atoms with Gasteiger partial charge in [0.15, 0.2) is 8.32 Å². The molecule has 0 bridgehead atoms. The van der Waals surface area contributed by atoms with Crippen molar-refractivity contribution in [3.63, 3.8) is 0 Å². The summed E-state index contributed by atoms with van der Waals surface area (Å²) in [7, 11) is -1.63. The predicted octanol–water partition coefficient (Wildman–Crippen LogP) is 6.17. The maximum Gasteiger partial charge on any atom is 0.191 e. The van der Waals surface area contributed by atoms with Crippen LogP contribution in [0.4, 0.5) is 0 Å². The van der Waals surface area contributed by atoms with Gasteiger partial charge in [0.25, 0.3) is 0 Å². The average molecular weight is 365 g/mol. The minimum atomic E-state index is -1.63. The second kappa shape index (κ2) is 6.23. The van der Waals surface area contributed by atoms with Crippen molar-refractivity contribution in [3.8, 4) is 0 Å². The Bertz CT molecular complexity index is 629. The molecule has 2 aromatic carbocycles. The molecule has 0 atom stereocenters. The first-order chi connectivity index (χ1) is 9.69. The van der Waals surface area contributed by atoms with Gasteiger partial charge in [-0.3, -0.25) is 0 Å². The highest BCUT2D eigenvalue weighted by atomic mass is 79.9. The van der Waals surface area contributed by atoms with E-state index in [1.165, 1.54) is 16.3 Å². The summed E-state index contributed by atoms with van der Waals surface area (Å²) in [5.74, 6) is 0. The smallest absolute Gasteiger partial charge is 0.191 e. The van der Waals surface area contributed by atoms with Gasteiger partial charge in [-0.1, -0.05) is 61.0 Å². The fourth-order valence-electron chi connectivity index (χ4n) is 2.06. The first-order valence-corrected chi connectivity index (χ1v) is 11.2. The molecule has 114 valence electrons. The van der Waals surface area contributed by atoms with Crippen LogP contribution in [0.5, 0.6) is 0 Å². The number of hydrogen-bond acceptors (Lipinski definition) is 1. The van der Waals surface area contributed by atoms with Crippen molar-refractivity contribution in [1.82, 2.24) is 0 Å². The lowest BCUT2D eigenvalue weighted by molar-refractivity contribution is 0.292. The molecule has 0 aliphatic carbocycles. The Labute approximate surface area is 138 Å². The van der Waals surface area contributed by atoms with E-state index in [1.54, 1.807) is 0 Å². The Hall–Kier alpha value is -0.643. The number of rotatable bonds is 4. The summed E-state index contributed by atoms with van der Waals surface area (Å²) >= 11 is 3.52. The van der Waals surface area contributed by atoms with Crippen LogP contribution in [0, 0.1) is 0 Å². The van der Waals surface area contributed by atoms with Gasteiger partial charge in [-0.05, 0) is 53.0 Å². The zero-order valence-electron chi connectivity index (χ0n) is 13.7. The third-order valence-corrected chi connectivity index (χ3v) is 9.56. The molecule has 3 heteroatoms. The Morgan fingerprint density at radius 3 is 2.29 bits per heavy atom. The van der Waals surface area contributed by atoms with Crippen molar-refractivity contribution in [2.45, 2.75) is 45.3 Å². The molecule has 21 heavy (non-hydrogen) atoms. The van der Waals surface area contributed by atoms with E-state index in [1.807, 2.05) is 0 Å². The Balaban J connectivity index is 2.03. The third kappa shape index (κ3) is 4.18. The summed E-state index contributed by atoms with van der Waals surface area (Å²) in [6, 6.07) is 13.1. The first kappa shape index (κ1) is 16.7. The standard InChI is InChI=1S/C18H25BrOSi/c1-18(2,3)21(4,5)20-11-10-14-6-7-16-13-17(19)9-8-15(16)12-14/h6-9,12-13H,10-11H2,1-5H3. The molecule has 0 amide bonds. The predicted molar refractivity (Wildman–Crippen MR) is 98.5 cm³/mol. The molecule has 0 heterocycles. The van der Waals surface area contributed by atoms with Gasteiger partial charge < -0.3 is 4.43 Å². The van der Waals surface area contributed by atoms with E-state index >= 15 is 0 Å². The molecule has 0 spiro atoms. The average Bonchev–Trinajstić information content (AvgIpc) is 2.37. The van der Waals surface area contributed by atoms with E-state index in [4.69, 9.17) is 4.43 Å². The fourth-order valence-corrected chi connectivity index (χ4v) is 3.49. The van der Waals surface area contributed by atoms with Gasteiger partial charge >= 0.3 is 0 Å². The lowest BCUT2D eigenvalue weighted by atomic mass is 10.1. The van der Waals surface area contributed by atoms with Gasteiger partial charge in [0.05, 0.1) is 0 Å². The van der Waals surface area contributed by atoms with Crippen LogP contribution in [0.3, 0.4) is 0 Å². The topological polar surface area (TPSA) is 9.23 Å². The van der Waals surface area contributed by atoms with Gasteiger partial charge in [-0.15, -0.1) is 0 Å². The van der Waals surface area contributed by atoms with Crippen molar-refractivity contribution >= 4 is 35.0 Å². The maximum absolute atomic E-state index is 6.26. The number of halogens is 1. The molecule has 0 fully saturated rings. The monoisotopic (exact) mass is 364 g/mol. The lowest BCUT2D eigenvalue weighted by Crippen LogP contribution is -2.41. The molecule has 0 saturated heterocycles. The van der Waals surface area contributed by atoms with Crippen LogP contribution in [0.25, 0.3) is 10.8 Å². The number of hydrogen-bond donors (Lipinski definition) is 0. The molecule has 0 radical (unpaired) electrons. The number of fused-ring (bicyclic) bond motifs is 1. The minimum absolute atomic E-state index is 0.280. The van der Waals surface area contributed by atoms with Crippen LogP contribution in [0.15, 0.2) is 40.9 Å². The summed E-state index contributed by atoms with van der Waals surface area (Å²) < 4.78 is 7.39. The Kier molecular flexibility index (Phi) is 4.96. The largest absolute Gasteiger partial charge is 0.416 e. The number of benzene rings is 2. The highest BCUT2D eigenvalue weighted by Crippen LogP contribution is 2.36. The van der Waals surface area contributed by atoms with Crippen molar-refractivity contribution in [3.05, 3.63) is 46.4 Å². The van der Waals surface area contributed by atoms with Crippen molar-refractivity contribution in [2.75, 3.05) is 6.61 Å². The summed E-state index contributed by atoms with van der Waals surface area (Å²) in [4.78, 5) is 0. The molecule has 0 saturated carbocycles. The van der Waals surface area contributed by atoms with Crippen LogP contribution in [0.1, 0.15) is 26.3 Å². The molecular formula is C18H25BrOSi. The van der Waals surface area contributed by atoms with E-state index in [0.29, 0.717) is 0 Å². The van der Waals surface area contributed by atoms with Crippen molar-refractivity contribution < 1.29 is 4.43 Å². The normalized spacial score (nSPS) is 12.9. The molecule has 0 unspecified atom stereocenters. The second-order valence-corrected chi connectivity index (χ2v) is 12.9. The van der Waals surface area contributed by atoms with E-state index in [0.717, 1.165) is 17.5 Å². The zero-order valence-corrected chi connectivity index (χ0v) is 16.3. The maximum atomic E-state index is 6.26. The summed E-state index contributed by atoms with van der Waals surface area (Å²) in [5, 5.41) is 2.85. The van der Waals surface area contributed by atoms with Gasteiger partial charge in [-0.25, -0.2) is 0 Å². The molecule has 2 rings (SSSR count). The highest BCUT2D eigenvalue weighted by Gasteiger charge is 2.36. The fraction of sp³-hybridized carbons (Fsp3) is 0.444. The quantitative estimate of drug-likeness (QED) is 0.589. The highest BCUT2D eigenvalue weighted by molar-refractivity contribution is 9.10. The van der Waals surface area contributed by atoms with E-state index < -0.39 is 8.32 Å². The SMILES string of the molecule is CC(C)(C)[Si](C)(C)OCCc1ccc2cc(Br)ccc2c1. The molecule has 0 aliphatic heterocycles.